The summed E-state index contributed by atoms with van der Waals surface area (Å²) < 4.78 is 0. The lowest BCUT2D eigenvalue weighted by Gasteiger charge is -2.31. The van der Waals surface area contributed by atoms with E-state index in [2.05, 4.69) is 10.3 Å². The van der Waals surface area contributed by atoms with Crippen LogP contribution in [-0.2, 0) is 37.4 Å². The lowest BCUT2D eigenvalue weighted by atomic mass is 9.77. The van der Waals surface area contributed by atoms with E-state index in [0.717, 1.165) is 29.5 Å². The quantitative estimate of drug-likeness (QED) is 0.248. The molecule has 240 valence electrons. The molecule has 9 nitrogen and oxygen atoms in total. The molecule has 2 aliphatic rings. The Balaban J connectivity index is 1.26. The van der Waals surface area contributed by atoms with Gasteiger partial charge < -0.3 is 15.3 Å². The first-order chi connectivity index (χ1) is 22.8. The topological polar surface area (TPSA) is 120 Å². The van der Waals surface area contributed by atoms with E-state index < -0.39 is 29.6 Å². The number of aromatic nitrogens is 1. The Kier molecular flexibility index (Phi) is 9.15. The van der Waals surface area contributed by atoms with Crippen molar-refractivity contribution in [3.05, 3.63) is 132 Å². The van der Waals surface area contributed by atoms with Gasteiger partial charge in [-0.2, -0.15) is 0 Å². The summed E-state index contributed by atoms with van der Waals surface area (Å²) in [5.41, 5.74) is 3.08. The summed E-state index contributed by atoms with van der Waals surface area (Å²) in [5, 5.41) is 13.0. The Morgan fingerprint density at radius 2 is 1.55 bits per heavy atom. The fourth-order valence-corrected chi connectivity index (χ4v) is 7.13. The van der Waals surface area contributed by atoms with Gasteiger partial charge in [0.2, 0.25) is 11.8 Å². The molecule has 3 amide bonds. The number of nitrogens with zero attached hydrogens (tertiary/aromatic N) is 3. The number of pyridine rings is 1. The summed E-state index contributed by atoms with van der Waals surface area (Å²) in [4.78, 5) is 60.8. The molecule has 1 aromatic heterocycles. The zero-order chi connectivity index (χ0) is 33.0. The Labute approximate surface area is 274 Å². The van der Waals surface area contributed by atoms with E-state index >= 15 is 0 Å². The molecule has 1 saturated carbocycles. The SMILES string of the molecule is CC(=O)N1C(Cc2cccnc2)C(=O)N(c2ccc(C[C@H](NC(=O)C3(c4ccccc4)CCCC3)C(=O)O)cc2)C1c1ccccc1. The summed E-state index contributed by atoms with van der Waals surface area (Å²) in [7, 11) is 0. The molecule has 1 aliphatic carbocycles. The average Bonchev–Trinajstić information content (AvgIpc) is 3.70. The van der Waals surface area contributed by atoms with Gasteiger partial charge in [0.15, 0.2) is 0 Å². The van der Waals surface area contributed by atoms with Gasteiger partial charge in [-0.15, -0.1) is 0 Å². The fourth-order valence-electron chi connectivity index (χ4n) is 7.13. The van der Waals surface area contributed by atoms with Gasteiger partial charge in [0.1, 0.15) is 18.2 Å². The third kappa shape index (κ3) is 6.38. The van der Waals surface area contributed by atoms with Crippen molar-refractivity contribution in [3.63, 3.8) is 0 Å². The highest BCUT2D eigenvalue weighted by molar-refractivity contribution is 6.03. The second kappa shape index (κ2) is 13.6. The molecule has 1 aliphatic heterocycles. The monoisotopic (exact) mass is 630 g/mol. The van der Waals surface area contributed by atoms with Crippen molar-refractivity contribution in [1.82, 2.24) is 15.2 Å². The zero-order valence-corrected chi connectivity index (χ0v) is 26.3. The number of hydrogen-bond acceptors (Lipinski definition) is 5. The maximum absolute atomic E-state index is 14.1. The van der Waals surface area contributed by atoms with Crippen LogP contribution >= 0.6 is 0 Å². The van der Waals surface area contributed by atoms with Gasteiger partial charge in [0.05, 0.1) is 5.41 Å². The van der Waals surface area contributed by atoms with E-state index in [1.54, 1.807) is 52.5 Å². The van der Waals surface area contributed by atoms with Crippen molar-refractivity contribution in [2.24, 2.45) is 0 Å². The first-order valence-electron chi connectivity index (χ1n) is 16.0. The highest BCUT2D eigenvalue weighted by Gasteiger charge is 2.49. The van der Waals surface area contributed by atoms with Crippen LogP contribution < -0.4 is 10.2 Å². The molecule has 9 heteroatoms. The highest BCUT2D eigenvalue weighted by atomic mass is 16.4. The lowest BCUT2D eigenvalue weighted by molar-refractivity contribution is -0.142. The van der Waals surface area contributed by atoms with Gasteiger partial charge in [-0.05, 0) is 53.3 Å². The van der Waals surface area contributed by atoms with E-state index in [9.17, 15) is 24.3 Å². The summed E-state index contributed by atoms with van der Waals surface area (Å²) in [6.45, 7) is 1.47. The number of carboxylic acid groups (broad SMARTS) is 1. The molecule has 2 heterocycles. The summed E-state index contributed by atoms with van der Waals surface area (Å²) in [6, 6.07) is 28.0. The summed E-state index contributed by atoms with van der Waals surface area (Å²) >= 11 is 0. The minimum absolute atomic E-state index is 0.0749. The normalized spacial score (nSPS) is 19.4. The van der Waals surface area contributed by atoms with Crippen LogP contribution in [0.5, 0.6) is 0 Å². The van der Waals surface area contributed by atoms with Crippen molar-refractivity contribution < 1.29 is 24.3 Å². The number of rotatable bonds is 10. The van der Waals surface area contributed by atoms with Gasteiger partial charge in [0, 0.05) is 37.8 Å². The van der Waals surface area contributed by atoms with Crippen molar-refractivity contribution in [2.45, 2.75) is 69.1 Å². The van der Waals surface area contributed by atoms with E-state index in [1.807, 2.05) is 66.7 Å². The minimum atomic E-state index is -1.13. The van der Waals surface area contributed by atoms with E-state index in [0.29, 0.717) is 30.5 Å². The Morgan fingerprint density at radius 3 is 2.15 bits per heavy atom. The molecule has 0 spiro atoms. The third-order valence-electron chi connectivity index (χ3n) is 9.46. The number of amides is 3. The van der Waals surface area contributed by atoms with Gasteiger partial charge in [0.25, 0.3) is 5.91 Å². The molecule has 0 radical (unpaired) electrons. The first-order valence-corrected chi connectivity index (χ1v) is 16.0. The number of hydrogen-bond donors (Lipinski definition) is 2. The number of nitrogens with one attached hydrogen (secondary N) is 1. The van der Waals surface area contributed by atoms with Crippen LogP contribution in [0.4, 0.5) is 5.69 Å². The van der Waals surface area contributed by atoms with Crippen molar-refractivity contribution in [3.8, 4) is 0 Å². The predicted octanol–water partition coefficient (Wildman–Crippen LogP) is 5.21. The van der Waals surface area contributed by atoms with Crippen LogP contribution in [0.2, 0.25) is 0 Å². The van der Waals surface area contributed by atoms with Gasteiger partial charge in [-0.1, -0.05) is 91.7 Å². The minimum Gasteiger partial charge on any atom is -0.480 e. The number of carboxylic acids is 1. The predicted molar refractivity (Wildman–Crippen MR) is 177 cm³/mol. The zero-order valence-electron chi connectivity index (χ0n) is 26.3. The maximum atomic E-state index is 14.1. The molecule has 3 atom stereocenters. The molecule has 47 heavy (non-hydrogen) atoms. The van der Waals surface area contributed by atoms with E-state index in [4.69, 9.17) is 0 Å². The largest absolute Gasteiger partial charge is 0.480 e. The third-order valence-corrected chi connectivity index (χ3v) is 9.46. The lowest BCUT2D eigenvalue weighted by Crippen LogP contribution is -2.50. The van der Waals surface area contributed by atoms with Crippen molar-refractivity contribution >= 4 is 29.4 Å². The number of carbonyl (C=O) groups is 4. The Hall–Kier alpha value is -5.31. The highest BCUT2D eigenvalue weighted by Crippen LogP contribution is 2.42. The fraction of sp³-hybridized carbons (Fsp3) is 0.289. The van der Waals surface area contributed by atoms with Crippen LogP contribution in [0.25, 0.3) is 0 Å². The first kappa shape index (κ1) is 31.7. The number of anilines is 1. The molecule has 6 rings (SSSR count). The van der Waals surface area contributed by atoms with E-state index in [1.165, 1.54) is 6.92 Å². The molecular weight excluding hydrogens is 592 g/mol. The Morgan fingerprint density at radius 1 is 0.894 bits per heavy atom. The second-order valence-corrected chi connectivity index (χ2v) is 12.4. The number of carbonyl (C=O) groups excluding carboxylic acids is 3. The molecule has 2 fully saturated rings. The molecule has 3 aromatic carbocycles. The van der Waals surface area contributed by atoms with E-state index in [-0.39, 0.29) is 24.1 Å². The maximum Gasteiger partial charge on any atom is 0.326 e. The van der Waals surface area contributed by atoms with Gasteiger partial charge >= 0.3 is 5.97 Å². The standard InChI is InChI=1S/C38H38N4O5/c1-26(43)41-33(24-28-11-10-22-39-25-28)35(44)42(34(41)29-12-4-2-5-13-29)31-18-16-27(17-19-31)23-32(36(45)46)40-37(47)38(20-8-9-21-38)30-14-6-3-7-15-30/h2-7,10-19,22,25,32-34H,8-9,20-21,23-24H2,1H3,(H,40,47)(H,45,46)/t32-,33?,34?/m0/s1. The molecular formula is C38H38N4O5. The molecule has 2 unspecified atom stereocenters. The second-order valence-electron chi connectivity index (χ2n) is 12.4. The average molecular weight is 631 g/mol. The summed E-state index contributed by atoms with van der Waals surface area (Å²) in [6.07, 6.45) is 6.26. The number of benzene rings is 3. The smallest absolute Gasteiger partial charge is 0.326 e. The molecule has 2 N–H and O–H groups in total. The van der Waals surface area contributed by atoms with Gasteiger partial charge in [-0.25, -0.2) is 4.79 Å². The van der Waals surface area contributed by atoms with Crippen molar-refractivity contribution in [2.75, 3.05) is 4.90 Å². The molecule has 0 bridgehead atoms. The number of aliphatic carboxylic acids is 1. The summed E-state index contributed by atoms with van der Waals surface area (Å²) in [5.74, 6) is -1.82. The Bertz CT molecular complexity index is 1720. The van der Waals surface area contributed by atoms with Crippen LogP contribution in [0.1, 0.15) is 61.0 Å². The molecule has 4 aromatic rings. The van der Waals surface area contributed by atoms with Crippen molar-refractivity contribution in [1.29, 1.82) is 0 Å². The van der Waals surface area contributed by atoms with Gasteiger partial charge in [-0.3, -0.25) is 24.3 Å². The van der Waals surface area contributed by atoms with Crippen LogP contribution in [0.3, 0.4) is 0 Å². The molecule has 1 saturated heterocycles. The van der Waals surface area contributed by atoms with Crippen LogP contribution in [0.15, 0.2) is 109 Å². The van der Waals surface area contributed by atoms with Crippen LogP contribution in [-0.4, -0.2) is 50.8 Å². The van der Waals surface area contributed by atoms with Crippen LogP contribution in [0, 0.1) is 0 Å².